The molecular weight excluding hydrogens is 361 g/mol. The van der Waals surface area contributed by atoms with Crippen molar-refractivity contribution in [2.75, 3.05) is 18.0 Å². The number of halogens is 1. The number of fused-ring (bicyclic) bond motifs is 1. The van der Waals surface area contributed by atoms with Gasteiger partial charge >= 0.3 is 0 Å². The molecule has 0 aliphatic carbocycles. The summed E-state index contributed by atoms with van der Waals surface area (Å²) in [6.45, 7) is 1.14. The molecule has 5 rings (SSSR count). The SMILES string of the molecule is F[C@@H]1CCN(c2ccc(-c3nc4nc(-c5cccnc5)ccc4s3)cn2)C1. The third-order valence-electron chi connectivity index (χ3n) is 4.66. The molecule has 1 saturated heterocycles. The van der Waals surface area contributed by atoms with Gasteiger partial charge in [-0.3, -0.25) is 4.98 Å². The molecule has 0 spiro atoms. The standard InChI is InChI=1S/C20H16FN5S/c21-15-7-9-26(12-15)18-6-3-14(11-23-18)20-25-19-17(27-20)5-4-16(24-19)13-2-1-8-22-10-13/h1-6,8,10-11,15H,7,9,12H2/t15-/m1/s1. The van der Waals surface area contributed by atoms with Gasteiger partial charge in [0.25, 0.3) is 0 Å². The molecule has 7 heteroatoms. The summed E-state index contributed by atoms with van der Waals surface area (Å²) in [5, 5.41) is 0.879. The second-order valence-corrected chi connectivity index (χ2v) is 7.55. The van der Waals surface area contributed by atoms with Crippen molar-refractivity contribution in [3.8, 4) is 21.8 Å². The Morgan fingerprint density at radius 1 is 1.04 bits per heavy atom. The quantitative estimate of drug-likeness (QED) is 0.531. The zero-order valence-electron chi connectivity index (χ0n) is 14.4. The first kappa shape index (κ1) is 16.3. The van der Waals surface area contributed by atoms with Crippen LogP contribution in [0.5, 0.6) is 0 Å². The van der Waals surface area contributed by atoms with Crippen molar-refractivity contribution in [2.45, 2.75) is 12.6 Å². The minimum absolute atomic E-state index is 0.425. The van der Waals surface area contributed by atoms with Crippen molar-refractivity contribution >= 4 is 27.5 Å². The number of pyridine rings is 3. The number of hydrogen-bond acceptors (Lipinski definition) is 6. The molecule has 4 aromatic rings. The highest BCUT2D eigenvalue weighted by molar-refractivity contribution is 7.21. The molecule has 1 atom stereocenters. The maximum atomic E-state index is 13.4. The van der Waals surface area contributed by atoms with E-state index >= 15 is 0 Å². The summed E-state index contributed by atoms with van der Waals surface area (Å²) >= 11 is 1.59. The van der Waals surface area contributed by atoms with Crippen molar-refractivity contribution in [3.63, 3.8) is 0 Å². The highest BCUT2D eigenvalue weighted by atomic mass is 32.1. The third kappa shape index (κ3) is 3.14. The average molecular weight is 377 g/mol. The van der Waals surface area contributed by atoms with E-state index in [1.54, 1.807) is 29.9 Å². The van der Waals surface area contributed by atoms with E-state index < -0.39 is 6.17 Å². The molecule has 1 aliphatic rings. The monoisotopic (exact) mass is 377 g/mol. The van der Waals surface area contributed by atoms with Gasteiger partial charge in [-0.05, 0) is 42.8 Å². The van der Waals surface area contributed by atoms with Crippen LogP contribution in [0.15, 0.2) is 55.0 Å². The lowest BCUT2D eigenvalue weighted by Crippen LogP contribution is -2.20. The highest BCUT2D eigenvalue weighted by Crippen LogP contribution is 2.31. The molecule has 1 aliphatic heterocycles. The number of rotatable bonds is 3. The largest absolute Gasteiger partial charge is 0.354 e. The molecule has 0 saturated carbocycles. The van der Waals surface area contributed by atoms with Crippen LogP contribution in [0.4, 0.5) is 10.2 Å². The summed E-state index contributed by atoms with van der Waals surface area (Å²) in [5.74, 6) is 0.817. The Balaban J connectivity index is 1.45. The van der Waals surface area contributed by atoms with Gasteiger partial charge in [-0.2, -0.15) is 0 Å². The summed E-state index contributed by atoms with van der Waals surface area (Å²) < 4.78 is 14.4. The van der Waals surface area contributed by atoms with E-state index in [0.29, 0.717) is 13.0 Å². The maximum absolute atomic E-state index is 13.4. The fraction of sp³-hybridized carbons (Fsp3) is 0.200. The van der Waals surface area contributed by atoms with Gasteiger partial charge in [-0.25, -0.2) is 19.3 Å². The van der Waals surface area contributed by atoms with Gasteiger partial charge in [0, 0.05) is 36.3 Å². The van der Waals surface area contributed by atoms with Crippen molar-refractivity contribution in [1.82, 2.24) is 19.9 Å². The molecule has 1 fully saturated rings. The second kappa shape index (κ2) is 6.66. The molecular formula is C20H16FN5S. The first-order valence-electron chi connectivity index (χ1n) is 8.80. The van der Waals surface area contributed by atoms with Crippen LogP contribution in [-0.4, -0.2) is 39.2 Å². The van der Waals surface area contributed by atoms with Crippen molar-refractivity contribution < 1.29 is 4.39 Å². The molecule has 0 unspecified atom stereocenters. The molecule has 5 nitrogen and oxygen atoms in total. The van der Waals surface area contributed by atoms with E-state index in [1.807, 2.05) is 41.3 Å². The summed E-state index contributed by atoms with van der Waals surface area (Å²) in [6, 6.07) is 11.8. The maximum Gasteiger partial charge on any atom is 0.171 e. The lowest BCUT2D eigenvalue weighted by molar-refractivity contribution is 0.364. The van der Waals surface area contributed by atoms with Gasteiger partial charge in [0.05, 0.1) is 16.9 Å². The van der Waals surface area contributed by atoms with Crippen LogP contribution in [0.3, 0.4) is 0 Å². The van der Waals surface area contributed by atoms with Crippen LogP contribution in [0.25, 0.3) is 32.2 Å². The predicted octanol–water partition coefficient (Wildman–Crippen LogP) is 4.36. The molecule has 0 N–H and O–H groups in total. The Morgan fingerprint density at radius 2 is 2.00 bits per heavy atom. The van der Waals surface area contributed by atoms with Crippen molar-refractivity contribution in [2.24, 2.45) is 0 Å². The Hall–Kier alpha value is -2.93. The van der Waals surface area contributed by atoms with Gasteiger partial charge in [-0.15, -0.1) is 11.3 Å². The van der Waals surface area contributed by atoms with Crippen LogP contribution in [-0.2, 0) is 0 Å². The van der Waals surface area contributed by atoms with Crippen LogP contribution >= 0.6 is 11.3 Å². The molecule has 0 bridgehead atoms. The van der Waals surface area contributed by atoms with E-state index in [0.717, 1.165) is 44.5 Å². The smallest absolute Gasteiger partial charge is 0.171 e. The Bertz CT molecular complexity index is 1080. The number of aromatic nitrogens is 4. The molecule has 0 radical (unpaired) electrons. The summed E-state index contributed by atoms with van der Waals surface area (Å²) in [4.78, 5) is 20.0. The van der Waals surface area contributed by atoms with Crippen LogP contribution in [0, 0.1) is 0 Å². The number of hydrogen-bond donors (Lipinski definition) is 0. The fourth-order valence-electron chi connectivity index (χ4n) is 3.24. The number of alkyl halides is 1. The van der Waals surface area contributed by atoms with E-state index in [9.17, 15) is 4.39 Å². The first-order valence-corrected chi connectivity index (χ1v) is 9.61. The predicted molar refractivity (Wildman–Crippen MR) is 106 cm³/mol. The van der Waals surface area contributed by atoms with Crippen LogP contribution in [0.1, 0.15) is 6.42 Å². The lowest BCUT2D eigenvalue weighted by Gasteiger charge is -2.15. The third-order valence-corrected chi connectivity index (χ3v) is 5.72. The summed E-state index contributed by atoms with van der Waals surface area (Å²) in [5.41, 5.74) is 3.49. The van der Waals surface area contributed by atoms with Gasteiger partial charge in [0.1, 0.15) is 17.0 Å². The molecule has 0 amide bonds. The highest BCUT2D eigenvalue weighted by Gasteiger charge is 2.22. The van der Waals surface area contributed by atoms with Gasteiger partial charge < -0.3 is 4.90 Å². The van der Waals surface area contributed by atoms with E-state index in [1.165, 1.54) is 0 Å². The fourth-order valence-corrected chi connectivity index (χ4v) is 4.14. The Morgan fingerprint density at radius 3 is 2.74 bits per heavy atom. The average Bonchev–Trinajstić information content (AvgIpc) is 3.34. The van der Waals surface area contributed by atoms with Crippen molar-refractivity contribution in [1.29, 1.82) is 0 Å². The molecule has 4 aromatic heterocycles. The van der Waals surface area contributed by atoms with Crippen LogP contribution < -0.4 is 4.90 Å². The topological polar surface area (TPSA) is 54.8 Å². The first-order chi connectivity index (χ1) is 13.3. The second-order valence-electron chi connectivity index (χ2n) is 6.52. The normalized spacial score (nSPS) is 16.9. The van der Waals surface area contributed by atoms with E-state index in [4.69, 9.17) is 0 Å². The lowest BCUT2D eigenvalue weighted by atomic mass is 10.2. The summed E-state index contributed by atoms with van der Waals surface area (Å²) in [7, 11) is 0. The van der Waals surface area contributed by atoms with Crippen molar-refractivity contribution in [3.05, 3.63) is 55.0 Å². The van der Waals surface area contributed by atoms with Gasteiger partial charge in [0.2, 0.25) is 0 Å². The summed E-state index contributed by atoms with van der Waals surface area (Å²) in [6.07, 6.45) is 5.17. The number of anilines is 1. The number of thiazole rings is 1. The molecule has 5 heterocycles. The molecule has 27 heavy (non-hydrogen) atoms. The Labute approximate surface area is 159 Å². The minimum atomic E-state index is -0.754. The van der Waals surface area contributed by atoms with Crippen LogP contribution in [0.2, 0.25) is 0 Å². The van der Waals surface area contributed by atoms with E-state index in [-0.39, 0.29) is 0 Å². The minimum Gasteiger partial charge on any atom is -0.354 e. The Kier molecular flexibility index (Phi) is 4.01. The molecule has 0 aromatic carbocycles. The zero-order chi connectivity index (χ0) is 18.2. The number of nitrogens with zero attached hydrogens (tertiary/aromatic N) is 5. The van der Waals surface area contributed by atoms with Gasteiger partial charge in [0.15, 0.2) is 5.65 Å². The molecule has 134 valence electrons. The van der Waals surface area contributed by atoms with Gasteiger partial charge in [-0.1, -0.05) is 0 Å². The van der Waals surface area contributed by atoms with E-state index in [2.05, 4.69) is 19.9 Å². The zero-order valence-corrected chi connectivity index (χ0v) is 15.2.